The molecular formula is C20H23N3O6. The maximum atomic E-state index is 12.4. The largest absolute Gasteiger partial charge is 0.493 e. The number of hydrogen-bond donors (Lipinski definition) is 2. The van der Waals surface area contributed by atoms with Gasteiger partial charge >= 0.3 is 11.8 Å². The molecule has 2 N–H and O–H groups in total. The summed E-state index contributed by atoms with van der Waals surface area (Å²) < 4.78 is 22.7. The molecule has 0 unspecified atom stereocenters. The normalized spacial score (nSPS) is 10.6. The van der Waals surface area contributed by atoms with Crippen molar-refractivity contribution in [3.05, 3.63) is 40.9 Å². The first kappa shape index (κ1) is 20.1. The Morgan fingerprint density at radius 2 is 1.66 bits per heavy atom. The Bertz CT molecular complexity index is 1060. The summed E-state index contributed by atoms with van der Waals surface area (Å²) in [6.07, 6.45) is 0.811. The van der Waals surface area contributed by atoms with E-state index in [0.29, 0.717) is 46.3 Å². The number of nitrogens with zero attached hydrogens (tertiary/aromatic N) is 1. The summed E-state index contributed by atoms with van der Waals surface area (Å²) in [5.41, 5.74) is 2.04. The average molecular weight is 401 g/mol. The molecule has 0 fully saturated rings. The van der Waals surface area contributed by atoms with Crippen LogP contribution in [-0.4, -0.2) is 31.9 Å². The van der Waals surface area contributed by atoms with Crippen LogP contribution in [0, 0.1) is 0 Å². The minimum atomic E-state index is -0.478. The maximum Gasteiger partial charge on any atom is 0.419 e. The highest BCUT2D eigenvalue weighted by atomic mass is 16.5. The fourth-order valence-corrected chi connectivity index (χ4v) is 3.03. The van der Waals surface area contributed by atoms with Gasteiger partial charge in [-0.15, -0.1) is 0 Å². The molecule has 0 saturated carbocycles. The fourth-order valence-electron chi connectivity index (χ4n) is 3.03. The number of carbonyl (C=O) groups excluding carboxylic acids is 1. The molecule has 9 heteroatoms. The van der Waals surface area contributed by atoms with Crippen molar-refractivity contribution in [1.29, 1.82) is 0 Å². The Hall–Kier alpha value is -3.62. The quantitative estimate of drug-likeness (QED) is 0.626. The van der Waals surface area contributed by atoms with E-state index in [0.717, 1.165) is 6.42 Å². The van der Waals surface area contributed by atoms with Crippen molar-refractivity contribution < 1.29 is 23.4 Å². The van der Waals surface area contributed by atoms with E-state index in [2.05, 4.69) is 10.6 Å². The minimum Gasteiger partial charge on any atom is -0.493 e. The molecule has 29 heavy (non-hydrogen) atoms. The van der Waals surface area contributed by atoms with E-state index in [1.807, 2.05) is 6.92 Å². The Morgan fingerprint density at radius 1 is 1.00 bits per heavy atom. The van der Waals surface area contributed by atoms with Crippen molar-refractivity contribution in [3.8, 4) is 17.2 Å². The van der Waals surface area contributed by atoms with Gasteiger partial charge in [-0.05, 0) is 18.6 Å². The molecule has 2 aromatic carbocycles. The smallest absolute Gasteiger partial charge is 0.419 e. The third kappa shape index (κ3) is 4.13. The van der Waals surface area contributed by atoms with E-state index in [1.54, 1.807) is 34.9 Å². The number of aryl methyl sites for hydroxylation is 1. The van der Waals surface area contributed by atoms with Crippen LogP contribution in [-0.2, 0) is 6.54 Å². The molecule has 3 aromatic rings. The van der Waals surface area contributed by atoms with Gasteiger partial charge < -0.3 is 29.3 Å². The Morgan fingerprint density at radius 3 is 2.24 bits per heavy atom. The zero-order valence-electron chi connectivity index (χ0n) is 16.7. The molecule has 1 heterocycles. The summed E-state index contributed by atoms with van der Waals surface area (Å²) in [6.45, 7) is 2.55. The molecule has 0 radical (unpaired) electrons. The number of ether oxygens (including phenoxy) is 3. The summed E-state index contributed by atoms with van der Waals surface area (Å²) in [5, 5.41) is 5.43. The van der Waals surface area contributed by atoms with Gasteiger partial charge in [-0.1, -0.05) is 6.92 Å². The van der Waals surface area contributed by atoms with E-state index in [9.17, 15) is 9.59 Å². The number of benzene rings is 2. The van der Waals surface area contributed by atoms with Crippen LogP contribution in [0.3, 0.4) is 0 Å². The van der Waals surface area contributed by atoms with E-state index in [-0.39, 0.29) is 0 Å². The maximum absolute atomic E-state index is 12.4. The minimum absolute atomic E-state index is 0.411. The number of carbonyl (C=O) groups is 1. The summed E-state index contributed by atoms with van der Waals surface area (Å²) in [5.74, 6) is 0.851. The number of anilines is 2. The van der Waals surface area contributed by atoms with Gasteiger partial charge in [-0.3, -0.25) is 4.57 Å². The first-order valence-corrected chi connectivity index (χ1v) is 9.02. The third-order valence-corrected chi connectivity index (χ3v) is 4.30. The highest BCUT2D eigenvalue weighted by Gasteiger charge is 2.15. The second-order valence-corrected chi connectivity index (χ2v) is 6.20. The van der Waals surface area contributed by atoms with Gasteiger partial charge in [0.05, 0.1) is 32.5 Å². The van der Waals surface area contributed by atoms with Crippen molar-refractivity contribution in [2.75, 3.05) is 32.0 Å². The lowest BCUT2D eigenvalue weighted by molar-refractivity contribution is 0.262. The fraction of sp³-hybridized carbons (Fsp3) is 0.300. The summed E-state index contributed by atoms with van der Waals surface area (Å²) >= 11 is 0. The van der Waals surface area contributed by atoms with Crippen molar-refractivity contribution in [2.24, 2.45) is 0 Å². The van der Waals surface area contributed by atoms with Gasteiger partial charge in [0.25, 0.3) is 0 Å². The van der Waals surface area contributed by atoms with Crippen LogP contribution in [0.2, 0.25) is 0 Å². The van der Waals surface area contributed by atoms with Gasteiger partial charge in [0, 0.05) is 30.4 Å². The van der Waals surface area contributed by atoms with Crippen molar-refractivity contribution in [3.63, 3.8) is 0 Å². The van der Waals surface area contributed by atoms with Gasteiger partial charge in [0.2, 0.25) is 5.75 Å². The molecule has 0 aliphatic heterocycles. The molecule has 0 spiro atoms. The van der Waals surface area contributed by atoms with E-state index in [1.165, 1.54) is 21.3 Å². The second kappa shape index (κ2) is 8.59. The van der Waals surface area contributed by atoms with Crippen LogP contribution < -0.4 is 30.6 Å². The predicted octanol–water partition coefficient (Wildman–Crippen LogP) is 3.67. The lowest BCUT2D eigenvalue weighted by atomic mass is 10.2. The summed E-state index contributed by atoms with van der Waals surface area (Å²) in [4.78, 5) is 24.4. The van der Waals surface area contributed by atoms with Gasteiger partial charge in [0.15, 0.2) is 17.1 Å². The average Bonchev–Trinajstić information content (AvgIpc) is 3.01. The number of fused-ring (bicyclic) bond motifs is 1. The Balaban J connectivity index is 1.79. The zero-order chi connectivity index (χ0) is 21.0. The molecule has 3 rings (SSSR count). The number of urea groups is 1. The third-order valence-electron chi connectivity index (χ3n) is 4.30. The molecule has 0 bridgehead atoms. The lowest BCUT2D eigenvalue weighted by Gasteiger charge is -2.15. The number of rotatable bonds is 7. The van der Waals surface area contributed by atoms with Crippen LogP contribution in [0.5, 0.6) is 17.2 Å². The van der Waals surface area contributed by atoms with E-state index in [4.69, 9.17) is 18.6 Å². The standard InChI is InChI=1S/C20H23N3O6/c1-5-8-23-14-7-6-12(9-15(14)29-20(23)25)21-19(24)22-13-10-16(26-2)18(28-4)17(11-13)27-3/h6-7,9-11H,5,8H2,1-4H3,(H2,21,22,24). The Kier molecular flexibility index (Phi) is 5.96. The lowest BCUT2D eigenvalue weighted by Crippen LogP contribution is -2.19. The Labute approximate surface area is 167 Å². The molecule has 1 aromatic heterocycles. The van der Waals surface area contributed by atoms with Gasteiger partial charge in [-0.25, -0.2) is 9.59 Å². The topological polar surface area (TPSA) is 104 Å². The summed E-state index contributed by atoms with van der Waals surface area (Å²) in [6, 6.07) is 7.82. The molecule has 0 aliphatic carbocycles. The number of nitrogens with one attached hydrogen (secondary N) is 2. The van der Waals surface area contributed by atoms with Crippen molar-refractivity contribution >= 4 is 28.5 Å². The molecule has 2 amide bonds. The van der Waals surface area contributed by atoms with Crippen LogP contribution in [0.1, 0.15) is 13.3 Å². The number of oxazole rings is 1. The van der Waals surface area contributed by atoms with Crippen LogP contribution in [0.25, 0.3) is 11.1 Å². The number of aromatic nitrogens is 1. The molecule has 0 atom stereocenters. The predicted molar refractivity (Wildman–Crippen MR) is 110 cm³/mol. The monoisotopic (exact) mass is 401 g/mol. The molecule has 0 aliphatic rings. The van der Waals surface area contributed by atoms with E-state index < -0.39 is 11.8 Å². The molecule has 0 saturated heterocycles. The zero-order valence-corrected chi connectivity index (χ0v) is 16.7. The van der Waals surface area contributed by atoms with Crippen LogP contribution in [0.15, 0.2) is 39.5 Å². The molecule has 9 nitrogen and oxygen atoms in total. The van der Waals surface area contributed by atoms with Crippen molar-refractivity contribution in [1.82, 2.24) is 4.57 Å². The molecule has 154 valence electrons. The highest BCUT2D eigenvalue weighted by Crippen LogP contribution is 2.39. The first-order chi connectivity index (χ1) is 14.0. The van der Waals surface area contributed by atoms with Crippen LogP contribution in [0.4, 0.5) is 16.2 Å². The van der Waals surface area contributed by atoms with Gasteiger partial charge in [0.1, 0.15) is 0 Å². The number of hydrogen-bond acceptors (Lipinski definition) is 6. The highest BCUT2D eigenvalue weighted by molar-refractivity contribution is 6.01. The first-order valence-electron chi connectivity index (χ1n) is 9.02. The number of amides is 2. The van der Waals surface area contributed by atoms with Crippen LogP contribution >= 0.6 is 0 Å². The molecular weight excluding hydrogens is 378 g/mol. The van der Waals surface area contributed by atoms with E-state index >= 15 is 0 Å². The van der Waals surface area contributed by atoms with Gasteiger partial charge in [-0.2, -0.15) is 0 Å². The number of methoxy groups -OCH3 is 3. The second-order valence-electron chi connectivity index (χ2n) is 6.20. The van der Waals surface area contributed by atoms with Crippen molar-refractivity contribution in [2.45, 2.75) is 19.9 Å². The SMILES string of the molecule is CCCn1c(=O)oc2cc(NC(=O)Nc3cc(OC)c(OC)c(OC)c3)ccc21. The summed E-state index contributed by atoms with van der Waals surface area (Å²) in [7, 11) is 4.49.